The number of amides is 1. The highest BCUT2D eigenvalue weighted by molar-refractivity contribution is 5.91. The minimum Gasteiger partial charge on any atom is -0.379 e. The van der Waals surface area contributed by atoms with E-state index >= 15 is 0 Å². The Morgan fingerprint density at radius 1 is 1.32 bits per heavy atom. The summed E-state index contributed by atoms with van der Waals surface area (Å²) in [5.74, 6) is -0.443. The molecule has 1 heterocycles. The maximum Gasteiger partial charge on any atom is 0.243 e. The molecule has 1 fully saturated rings. The molecule has 0 saturated carbocycles. The van der Waals surface area contributed by atoms with Crippen LogP contribution in [0.15, 0.2) is 30.3 Å². The molecule has 0 aromatic heterocycles. The Labute approximate surface area is 131 Å². The summed E-state index contributed by atoms with van der Waals surface area (Å²) in [6.07, 6.45) is 5.08. The summed E-state index contributed by atoms with van der Waals surface area (Å²) in [5.41, 5.74) is 0.683. The van der Waals surface area contributed by atoms with Crippen LogP contribution in [0.4, 0.5) is 4.39 Å². The van der Waals surface area contributed by atoms with Gasteiger partial charge >= 0.3 is 0 Å². The summed E-state index contributed by atoms with van der Waals surface area (Å²) in [5, 5.41) is 2.84. The lowest BCUT2D eigenvalue weighted by molar-refractivity contribution is -0.116. The van der Waals surface area contributed by atoms with Crippen LogP contribution in [0.2, 0.25) is 0 Å². The van der Waals surface area contributed by atoms with Crippen LogP contribution < -0.4 is 5.32 Å². The first kappa shape index (κ1) is 16.6. The second-order valence-electron chi connectivity index (χ2n) is 5.34. The Morgan fingerprint density at radius 2 is 2.14 bits per heavy atom. The molecule has 5 heteroatoms. The van der Waals surface area contributed by atoms with Gasteiger partial charge in [0, 0.05) is 25.7 Å². The van der Waals surface area contributed by atoms with E-state index in [0.29, 0.717) is 12.1 Å². The second kappa shape index (κ2) is 9.33. The van der Waals surface area contributed by atoms with E-state index in [1.165, 1.54) is 18.2 Å². The lowest BCUT2D eigenvalue weighted by atomic mass is 10.2. The monoisotopic (exact) mass is 306 g/mol. The van der Waals surface area contributed by atoms with Crippen molar-refractivity contribution in [2.24, 2.45) is 0 Å². The normalized spacial score (nSPS) is 16.0. The summed E-state index contributed by atoms with van der Waals surface area (Å²) in [7, 11) is 0. The highest BCUT2D eigenvalue weighted by Crippen LogP contribution is 2.05. The number of ether oxygens (including phenoxy) is 1. The third-order valence-corrected chi connectivity index (χ3v) is 3.58. The molecule has 1 N–H and O–H groups in total. The summed E-state index contributed by atoms with van der Waals surface area (Å²) in [4.78, 5) is 14.0. The van der Waals surface area contributed by atoms with Gasteiger partial charge in [-0.25, -0.2) is 4.39 Å². The number of nitrogens with zero attached hydrogens (tertiary/aromatic N) is 1. The Kier molecular flexibility index (Phi) is 7.06. The van der Waals surface area contributed by atoms with E-state index in [9.17, 15) is 9.18 Å². The van der Waals surface area contributed by atoms with Crippen LogP contribution in [0, 0.1) is 5.82 Å². The van der Waals surface area contributed by atoms with Gasteiger partial charge in [-0.3, -0.25) is 9.69 Å². The van der Waals surface area contributed by atoms with E-state index in [2.05, 4.69) is 10.2 Å². The van der Waals surface area contributed by atoms with Gasteiger partial charge in [0.1, 0.15) is 5.82 Å². The number of hydrogen-bond acceptors (Lipinski definition) is 3. The summed E-state index contributed by atoms with van der Waals surface area (Å²) in [6.45, 7) is 5.36. The fourth-order valence-electron chi connectivity index (χ4n) is 2.34. The molecule has 22 heavy (non-hydrogen) atoms. The number of unbranched alkanes of at least 4 members (excludes halogenated alkanes) is 1. The molecule has 2 rings (SSSR count). The van der Waals surface area contributed by atoms with Crippen LogP contribution in [-0.2, 0) is 9.53 Å². The molecule has 0 unspecified atom stereocenters. The van der Waals surface area contributed by atoms with Gasteiger partial charge in [0.2, 0.25) is 5.91 Å². The van der Waals surface area contributed by atoms with Crippen LogP contribution in [0.1, 0.15) is 18.4 Å². The van der Waals surface area contributed by atoms with Crippen LogP contribution in [0.25, 0.3) is 6.08 Å². The molecule has 0 radical (unpaired) electrons. The molecule has 1 aliphatic rings. The third kappa shape index (κ3) is 6.37. The summed E-state index contributed by atoms with van der Waals surface area (Å²) in [6, 6.07) is 6.16. The predicted octanol–water partition coefficient (Wildman–Crippen LogP) is 2.07. The maximum atomic E-state index is 13.0. The minimum atomic E-state index is -0.300. The van der Waals surface area contributed by atoms with Crippen molar-refractivity contribution in [3.63, 3.8) is 0 Å². The zero-order chi connectivity index (χ0) is 15.6. The van der Waals surface area contributed by atoms with Crippen LogP contribution >= 0.6 is 0 Å². The van der Waals surface area contributed by atoms with Crippen molar-refractivity contribution in [3.05, 3.63) is 41.7 Å². The van der Waals surface area contributed by atoms with Crippen molar-refractivity contribution >= 4 is 12.0 Å². The van der Waals surface area contributed by atoms with E-state index in [1.807, 2.05) is 0 Å². The number of halogens is 1. The molecular formula is C17H23FN2O2. The Bertz CT molecular complexity index is 499. The van der Waals surface area contributed by atoms with Crippen molar-refractivity contribution < 1.29 is 13.9 Å². The average molecular weight is 306 g/mol. The predicted molar refractivity (Wildman–Crippen MR) is 84.9 cm³/mol. The van der Waals surface area contributed by atoms with Crippen molar-refractivity contribution in [2.45, 2.75) is 12.8 Å². The number of benzene rings is 1. The van der Waals surface area contributed by atoms with Gasteiger partial charge in [-0.1, -0.05) is 12.1 Å². The van der Waals surface area contributed by atoms with Crippen LogP contribution in [0.5, 0.6) is 0 Å². The van der Waals surface area contributed by atoms with E-state index in [4.69, 9.17) is 4.74 Å². The number of rotatable bonds is 7. The molecule has 1 saturated heterocycles. The molecule has 120 valence electrons. The molecule has 0 aliphatic carbocycles. The van der Waals surface area contributed by atoms with Gasteiger partial charge in [-0.2, -0.15) is 0 Å². The van der Waals surface area contributed by atoms with Gasteiger partial charge in [0.25, 0.3) is 0 Å². The Balaban J connectivity index is 1.57. The molecule has 1 aromatic rings. The van der Waals surface area contributed by atoms with Gasteiger partial charge in [0.05, 0.1) is 13.2 Å². The molecule has 1 aromatic carbocycles. The number of morpholine rings is 1. The summed E-state index contributed by atoms with van der Waals surface area (Å²) < 4.78 is 18.3. The topological polar surface area (TPSA) is 41.6 Å². The van der Waals surface area contributed by atoms with Gasteiger partial charge in [0.15, 0.2) is 0 Å². The number of hydrogen-bond donors (Lipinski definition) is 1. The lowest BCUT2D eigenvalue weighted by Gasteiger charge is -2.26. The molecule has 0 atom stereocenters. The largest absolute Gasteiger partial charge is 0.379 e. The van der Waals surface area contributed by atoms with Crippen molar-refractivity contribution in [1.29, 1.82) is 0 Å². The first-order valence-corrected chi connectivity index (χ1v) is 7.75. The van der Waals surface area contributed by atoms with Crippen molar-refractivity contribution in [1.82, 2.24) is 10.2 Å². The van der Waals surface area contributed by atoms with Crippen molar-refractivity contribution in [2.75, 3.05) is 39.4 Å². The van der Waals surface area contributed by atoms with Gasteiger partial charge < -0.3 is 10.1 Å². The number of carbonyl (C=O) groups is 1. The smallest absolute Gasteiger partial charge is 0.243 e. The highest BCUT2D eigenvalue weighted by Gasteiger charge is 2.08. The minimum absolute atomic E-state index is 0.143. The zero-order valence-electron chi connectivity index (χ0n) is 12.8. The molecule has 1 aliphatic heterocycles. The van der Waals surface area contributed by atoms with Crippen molar-refractivity contribution in [3.8, 4) is 0 Å². The molecule has 4 nitrogen and oxygen atoms in total. The summed E-state index contributed by atoms with van der Waals surface area (Å²) >= 11 is 0. The lowest BCUT2D eigenvalue weighted by Crippen LogP contribution is -2.37. The van der Waals surface area contributed by atoms with Crippen LogP contribution in [-0.4, -0.2) is 50.2 Å². The number of nitrogens with one attached hydrogen (secondary N) is 1. The fraction of sp³-hybridized carbons (Fsp3) is 0.471. The molecular weight excluding hydrogens is 283 g/mol. The van der Waals surface area contributed by atoms with E-state index in [-0.39, 0.29) is 11.7 Å². The highest BCUT2D eigenvalue weighted by atomic mass is 19.1. The van der Waals surface area contributed by atoms with E-state index in [1.54, 1.807) is 18.2 Å². The zero-order valence-corrected chi connectivity index (χ0v) is 12.8. The maximum absolute atomic E-state index is 13.0. The Morgan fingerprint density at radius 3 is 2.91 bits per heavy atom. The van der Waals surface area contributed by atoms with Crippen LogP contribution in [0.3, 0.4) is 0 Å². The molecule has 0 bridgehead atoms. The first-order valence-electron chi connectivity index (χ1n) is 7.75. The van der Waals surface area contributed by atoms with E-state index in [0.717, 1.165) is 45.7 Å². The number of carbonyl (C=O) groups excluding carboxylic acids is 1. The Hall–Kier alpha value is -1.72. The molecule has 1 amide bonds. The first-order chi connectivity index (χ1) is 10.7. The van der Waals surface area contributed by atoms with E-state index < -0.39 is 0 Å². The third-order valence-electron chi connectivity index (χ3n) is 3.58. The molecule has 0 spiro atoms. The second-order valence-corrected chi connectivity index (χ2v) is 5.34. The fourth-order valence-corrected chi connectivity index (χ4v) is 2.34. The quantitative estimate of drug-likeness (QED) is 0.619. The SMILES string of the molecule is O=C(/C=C\c1cccc(F)c1)NCCCCN1CCOCC1. The standard InChI is InChI=1S/C17H23FN2O2/c18-16-5-3-4-15(14-16)6-7-17(21)19-8-1-2-9-20-10-12-22-13-11-20/h3-7,14H,1-2,8-13H2,(H,19,21)/b7-6-. The van der Waals surface area contributed by atoms with Gasteiger partial charge in [-0.15, -0.1) is 0 Å². The van der Waals surface area contributed by atoms with Gasteiger partial charge in [-0.05, 0) is 43.2 Å². The average Bonchev–Trinajstić information content (AvgIpc) is 2.54.